The lowest BCUT2D eigenvalue weighted by atomic mass is 10.2. The van der Waals surface area contributed by atoms with Crippen molar-refractivity contribution < 1.29 is 0 Å². The Balaban J connectivity index is 1.54. The molecule has 0 aliphatic carbocycles. The van der Waals surface area contributed by atoms with E-state index in [1.807, 2.05) is 26.0 Å². The highest BCUT2D eigenvalue weighted by atomic mass is 15.0. The quantitative estimate of drug-likeness (QED) is 0.402. The molecule has 0 amide bonds. The predicted molar refractivity (Wildman–Crippen MR) is 119 cm³/mol. The van der Waals surface area contributed by atoms with Crippen molar-refractivity contribution in [3.05, 3.63) is 95.8 Å². The second kappa shape index (κ2) is 6.99. The van der Waals surface area contributed by atoms with E-state index in [0.717, 1.165) is 22.9 Å². The normalized spacial score (nSPS) is 11.7. The summed E-state index contributed by atoms with van der Waals surface area (Å²) in [4.78, 5) is 12.9. The maximum atomic E-state index is 4.36. The largest absolute Gasteiger partial charge is 0.309 e. The SMILES string of the molecule is Cc1nc(C)nc(C=Cc2ccc(-n3c4ccccc4c4ccccc43)cc2)n1. The van der Waals surface area contributed by atoms with Crippen LogP contribution in [0.2, 0.25) is 0 Å². The van der Waals surface area contributed by atoms with Gasteiger partial charge in [0.25, 0.3) is 0 Å². The van der Waals surface area contributed by atoms with E-state index in [9.17, 15) is 0 Å². The Morgan fingerprint density at radius 2 is 1.17 bits per heavy atom. The molecule has 5 rings (SSSR count). The summed E-state index contributed by atoms with van der Waals surface area (Å²) in [6.07, 6.45) is 3.96. The third-order valence-electron chi connectivity index (χ3n) is 5.03. The van der Waals surface area contributed by atoms with Gasteiger partial charge in [-0.2, -0.15) is 0 Å². The van der Waals surface area contributed by atoms with Gasteiger partial charge in [0, 0.05) is 16.5 Å². The van der Waals surface area contributed by atoms with Crippen LogP contribution in [0.1, 0.15) is 23.0 Å². The molecule has 5 aromatic rings. The van der Waals surface area contributed by atoms with Gasteiger partial charge in [0.05, 0.1) is 11.0 Å². The van der Waals surface area contributed by atoms with Crippen LogP contribution in [0.5, 0.6) is 0 Å². The lowest BCUT2D eigenvalue weighted by molar-refractivity contribution is 0.908. The Morgan fingerprint density at radius 1 is 0.621 bits per heavy atom. The van der Waals surface area contributed by atoms with Crippen molar-refractivity contribution in [3.8, 4) is 5.69 Å². The molecule has 0 spiro atoms. The highest BCUT2D eigenvalue weighted by molar-refractivity contribution is 6.09. The second-order valence-electron chi connectivity index (χ2n) is 7.08. The minimum Gasteiger partial charge on any atom is -0.309 e. The Bertz CT molecular complexity index is 1290. The first-order valence-corrected chi connectivity index (χ1v) is 9.65. The lowest BCUT2D eigenvalue weighted by Gasteiger charge is -2.08. The number of benzene rings is 3. The fraction of sp³-hybridized carbons (Fsp3) is 0.0800. The molecule has 4 heteroatoms. The average molecular weight is 376 g/mol. The molecule has 0 saturated carbocycles. The maximum absolute atomic E-state index is 4.36. The molecule has 0 N–H and O–H groups in total. The number of aryl methyl sites for hydroxylation is 2. The number of para-hydroxylation sites is 2. The summed E-state index contributed by atoms with van der Waals surface area (Å²) in [5.74, 6) is 2.15. The van der Waals surface area contributed by atoms with Crippen LogP contribution >= 0.6 is 0 Å². The standard InChI is InChI=1S/C25H20N4/c1-17-26-18(2)28-25(27-17)16-13-19-11-14-20(15-12-19)29-23-9-5-3-7-21(23)22-8-4-6-10-24(22)29/h3-16H,1-2H3. The number of rotatable bonds is 3. The molecule has 3 aromatic carbocycles. The first kappa shape index (κ1) is 17.3. The maximum Gasteiger partial charge on any atom is 0.156 e. The number of fused-ring (bicyclic) bond motifs is 3. The van der Waals surface area contributed by atoms with Gasteiger partial charge in [0.15, 0.2) is 5.82 Å². The van der Waals surface area contributed by atoms with Gasteiger partial charge in [0.1, 0.15) is 11.6 Å². The fourth-order valence-electron chi connectivity index (χ4n) is 3.82. The van der Waals surface area contributed by atoms with Crippen molar-refractivity contribution in [2.45, 2.75) is 13.8 Å². The molecule has 0 saturated heterocycles. The highest BCUT2D eigenvalue weighted by Gasteiger charge is 2.10. The molecule has 0 aliphatic heterocycles. The molecule has 0 atom stereocenters. The van der Waals surface area contributed by atoms with E-state index in [1.165, 1.54) is 21.8 Å². The van der Waals surface area contributed by atoms with Crippen LogP contribution in [0.25, 0.3) is 39.6 Å². The molecule has 2 aromatic heterocycles. The van der Waals surface area contributed by atoms with E-state index in [0.29, 0.717) is 5.82 Å². The lowest BCUT2D eigenvalue weighted by Crippen LogP contribution is -1.98. The van der Waals surface area contributed by atoms with E-state index in [4.69, 9.17) is 0 Å². The third kappa shape index (κ3) is 3.19. The third-order valence-corrected chi connectivity index (χ3v) is 5.03. The van der Waals surface area contributed by atoms with Crippen molar-refractivity contribution in [2.24, 2.45) is 0 Å². The molecule has 0 unspecified atom stereocenters. The van der Waals surface area contributed by atoms with E-state index in [2.05, 4.69) is 92.3 Å². The summed E-state index contributed by atoms with van der Waals surface area (Å²) in [6.45, 7) is 3.76. The number of nitrogens with zero attached hydrogens (tertiary/aromatic N) is 4. The van der Waals surface area contributed by atoms with E-state index in [-0.39, 0.29) is 0 Å². The van der Waals surface area contributed by atoms with Crippen molar-refractivity contribution in [3.63, 3.8) is 0 Å². The Labute approximate surface area is 169 Å². The van der Waals surface area contributed by atoms with Crippen molar-refractivity contribution in [1.29, 1.82) is 0 Å². The number of hydrogen-bond acceptors (Lipinski definition) is 3. The summed E-state index contributed by atoms with van der Waals surface area (Å²) in [5, 5.41) is 2.54. The van der Waals surface area contributed by atoms with Crippen molar-refractivity contribution in [1.82, 2.24) is 19.5 Å². The van der Waals surface area contributed by atoms with Gasteiger partial charge in [0.2, 0.25) is 0 Å². The first-order valence-electron chi connectivity index (χ1n) is 9.65. The smallest absolute Gasteiger partial charge is 0.156 e. The zero-order valence-corrected chi connectivity index (χ0v) is 16.4. The molecule has 4 nitrogen and oxygen atoms in total. The topological polar surface area (TPSA) is 43.6 Å². The summed E-state index contributed by atoms with van der Waals surface area (Å²) in [7, 11) is 0. The Kier molecular flexibility index (Phi) is 4.17. The average Bonchev–Trinajstić information content (AvgIpc) is 3.07. The molecule has 2 heterocycles. The summed E-state index contributed by atoms with van der Waals surface area (Å²) in [6, 6.07) is 25.6. The van der Waals surface area contributed by atoms with Crippen LogP contribution in [0, 0.1) is 13.8 Å². The van der Waals surface area contributed by atoms with Gasteiger partial charge >= 0.3 is 0 Å². The fourth-order valence-corrected chi connectivity index (χ4v) is 3.82. The van der Waals surface area contributed by atoms with E-state index in [1.54, 1.807) is 0 Å². The highest BCUT2D eigenvalue weighted by Crippen LogP contribution is 2.31. The summed E-state index contributed by atoms with van der Waals surface area (Å²) >= 11 is 0. The van der Waals surface area contributed by atoms with Crippen LogP contribution in [0.15, 0.2) is 72.8 Å². The van der Waals surface area contributed by atoms with Gasteiger partial charge in [-0.25, -0.2) is 15.0 Å². The van der Waals surface area contributed by atoms with Crippen LogP contribution in [-0.2, 0) is 0 Å². The molecule has 29 heavy (non-hydrogen) atoms. The van der Waals surface area contributed by atoms with Crippen LogP contribution in [0.3, 0.4) is 0 Å². The minimum atomic E-state index is 0.682. The van der Waals surface area contributed by atoms with Gasteiger partial charge in [-0.1, -0.05) is 54.6 Å². The number of aromatic nitrogens is 4. The van der Waals surface area contributed by atoms with Gasteiger partial charge in [-0.05, 0) is 49.8 Å². The summed E-state index contributed by atoms with van der Waals surface area (Å²) in [5.41, 5.74) is 4.68. The predicted octanol–water partition coefficient (Wildman–Crippen LogP) is 5.76. The molecule has 0 fully saturated rings. The monoisotopic (exact) mass is 376 g/mol. The van der Waals surface area contributed by atoms with Crippen LogP contribution < -0.4 is 0 Å². The second-order valence-corrected chi connectivity index (χ2v) is 7.08. The molecule has 0 bridgehead atoms. The van der Waals surface area contributed by atoms with E-state index < -0.39 is 0 Å². The Hall–Kier alpha value is -3.79. The summed E-state index contributed by atoms with van der Waals surface area (Å²) < 4.78 is 2.32. The Morgan fingerprint density at radius 3 is 1.76 bits per heavy atom. The zero-order valence-electron chi connectivity index (χ0n) is 16.4. The molecular formula is C25H20N4. The van der Waals surface area contributed by atoms with Crippen LogP contribution in [0.4, 0.5) is 0 Å². The van der Waals surface area contributed by atoms with Crippen molar-refractivity contribution in [2.75, 3.05) is 0 Å². The molecular weight excluding hydrogens is 356 g/mol. The molecule has 0 aliphatic rings. The van der Waals surface area contributed by atoms with Crippen LogP contribution in [-0.4, -0.2) is 19.5 Å². The first-order chi connectivity index (χ1) is 14.2. The van der Waals surface area contributed by atoms with Gasteiger partial charge in [-0.15, -0.1) is 0 Å². The minimum absolute atomic E-state index is 0.682. The molecule has 140 valence electrons. The van der Waals surface area contributed by atoms with Gasteiger partial charge in [-0.3, -0.25) is 0 Å². The molecule has 0 radical (unpaired) electrons. The van der Waals surface area contributed by atoms with E-state index >= 15 is 0 Å². The van der Waals surface area contributed by atoms with Crippen molar-refractivity contribution >= 4 is 34.0 Å². The van der Waals surface area contributed by atoms with Gasteiger partial charge < -0.3 is 4.57 Å². The number of hydrogen-bond donors (Lipinski definition) is 0. The zero-order chi connectivity index (χ0) is 19.8.